The molecule has 6 aromatic carbocycles. The van der Waals surface area contributed by atoms with Gasteiger partial charge >= 0.3 is 0 Å². The molecule has 50 heavy (non-hydrogen) atoms. The maximum absolute atomic E-state index is 2.33. The first-order valence-corrected chi connectivity index (χ1v) is 21.8. The highest BCUT2D eigenvalue weighted by molar-refractivity contribution is 7.96. The lowest BCUT2D eigenvalue weighted by molar-refractivity contribution is -0.00100. The molecule has 0 fully saturated rings. The Morgan fingerprint density at radius 3 is 0.640 bits per heavy atom. The standard InChI is InChI=1S/2C23H26P.BrH.ClH/c2*1-2-3-13-20-24(21-14-7-4-8-15-21,22-16-9-5-10-17-22)23-18-11-6-12-19-23;;/h2*4-12,14-19H,2-3,13,20H2,1H3;2*1H/q2*+1;;/p-2. The zero-order valence-corrected chi connectivity index (χ0v) is 33.8. The summed E-state index contributed by atoms with van der Waals surface area (Å²) in [6.07, 6.45) is 10.2. The van der Waals surface area contributed by atoms with Crippen LogP contribution in [0.25, 0.3) is 0 Å². The van der Waals surface area contributed by atoms with Crippen LogP contribution >= 0.6 is 14.5 Å². The van der Waals surface area contributed by atoms with Gasteiger partial charge in [-0.1, -0.05) is 149 Å². The molecular weight excluding hydrogens is 730 g/mol. The van der Waals surface area contributed by atoms with Gasteiger partial charge in [-0.2, -0.15) is 0 Å². The Morgan fingerprint density at radius 1 is 0.300 bits per heavy atom. The van der Waals surface area contributed by atoms with Crippen LogP contribution in [0.15, 0.2) is 182 Å². The molecule has 0 nitrogen and oxygen atoms in total. The molecule has 0 bridgehead atoms. The van der Waals surface area contributed by atoms with Crippen molar-refractivity contribution in [2.75, 3.05) is 12.3 Å². The van der Waals surface area contributed by atoms with E-state index in [1.807, 2.05) is 0 Å². The normalized spacial score (nSPS) is 10.9. The smallest absolute Gasteiger partial charge is 0.112 e. The molecule has 0 aliphatic carbocycles. The van der Waals surface area contributed by atoms with Gasteiger partial charge in [0, 0.05) is 0 Å². The second kappa shape index (κ2) is 22.0. The quantitative estimate of drug-likeness (QED) is 0.114. The summed E-state index contributed by atoms with van der Waals surface area (Å²) in [4.78, 5) is 0. The summed E-state index contributed by atoms with van der Waals surface area (Å²) in [6.45, 7) is 4.57. The maximum Gasteiger partial charge on any atom is 0.112 e. The highest BCUT2D eigenvalue weighted by Crippen LogP contribution is 2.57. The highest BCUT2D eigenvalue weighted by atomic mass is 79.9. The monoisotopic (exact) mass is 780 g/mol. The summed E-state index contributed by atoms with van der Waals surface area (Å²) >= 11 is 0. The van der Waals surface area contributed by atoms with Crippen molar-refractivity contribution in [3.05, 3.63) is 182 Å². The van der Waals surface area contributed by atoms with E-state index in [2.05, 4.69) is 196 Å². The summed E-state index contributed by atoms with van der Waals surface area (Å²) in [5, 5.41) is 8.99. The van der Waals surface area contributed by atoms with E-state index < -0.39 is 14.5 Å². The zero-order chi connectivity index (χ0) is 33.3. The van der Waals surface area contributed by atoms with E-state index in [1.54, 1.807) is 0 Å². The van der Waals surface area contributed by atoms with Crippen molar-refractivity contribution in [2.45, 2.75) is 52.4 Å². The lowest BCUT2D eigenvalue weighted by Gasteiger charge is -2.27. The van der Waals surface area contributed by atoms with Gasteiger partial charge in [0.05, 0.1) is 12.3 Å². The lowest BCUT2D eigenvalue weighted by Crippen LogP contribution is -3.00. The molecule has 6 rings (SSSR count). The molecule has 0 aliphatic heterocycles. The van der Waals surface area contributed by atoms with Gasteiger partial charge < -0.3 is 29.4 Å². The predicted molar refractivity (Wildman–Crippen MR) is 219 cm³/mol. The van der Waals surface area contributed by atoms with Gasteiger partial charge in [0.2, 0.25) is 0 Å². The van der Waals surface area contributed by atoms with E-state index in [1.165, 1.54) is 82.7 Å². The summed E-state index contributed by atoms with van der Waals surface area (Å²) in [5.41, 5.74) is 0. The fourth-order valence-corrected chi connectivity index (χ4v) is 15.8. The van der Waals surface area contributed by atoms with E-state index in [4.69, 9.17) is 0 Å². The average Bonchev–Trinajstić information content (AvgIpc) is 3.18. The van der Waals surface area contributed by atoms with Gasteiger partial charge in [0.25, 0.3) is 0 Å². The van der Waals surface area contributed by atoms with Crippen LogP contribution in [-0.2, 0) is 0 Å². The zero-order valence-electron chi connectivity index (χ0n) is 29.6. The van der Waals surface area contributed by atoms with Crippen molar-refractivity contribution in [3.63, 3.8) is 0 Å². The largest absolute Gasteiger partial charge is 1.00 e. The minimum atomic E-state index is -1.58. The Kier molecular flexibility index (Phi) is 18.2. The topological polar surface area (TPSA) is 0 Å². The average molecular weight is 782 g/mol. The Balaban J connectivity index is 0.000000260. The molecule has 0 aromatic heterocycles. The van der Waals surface area contributed by atoms with Gasteiger partial charge in [-0.05, 0) is 85.6 Å². The van der Waals surface area contributed by atoms with Crippen LogP contribution in [0.1, 0.15) is 52.4 Å². The summed E-state index contributed by atoms with van der Waals surface area (Å²) in [6, 6.07) is 67.0. The molecule has 0 saturated heterocycles. The molecule has 0 aliphatic rings. The molecule has 0 heterocycles. The van der Waals surface area contributed by atoms with Crippen LogP contribution < -0.4 is 61.2 Å². The van der Waals surface area contributed by atoms with Gasteiger partial charge in [-0.25, -0.2) is 0 Å². The highest BCUT2D eigenvalue weighted by Gasteiger charge is 2.45. The Bertz CT molecular complexity index is 1390. The number of hydrogen-bond donors (Lipinski definition) is 0. The number of hydrogen-bond acceptors (Lipinski definition) is 0. The maximum atomic E-state index is 2.33. The number of rotatable bonds is 14. The molecule has 6 aromatic rings. The van der Waals surface area contributed by atoms with Crippen LogP contribution in [0.4, 0.5) is 0 Å². The molecule has 0 radical (unpaired) electrons. The van der Waals surface area contributed by atoms with Crippen molar-refractivity contribution < 1.29 is 29.4 Å². The lowest BCUT2D eigenvalue weighted by atomic mass is 10.3. The van der Waals surface area contributed by atoms with Gasteiger partial charge in [0.1, 0.15) is 46.4 Å². The number of halogens is 2. The van der Waals surface area contributed by atoms with Crippen molar-refractivity contribution >= 4 is 46.4 Å². The first kappa shape index (κ1) is 41.4. The Hall–Kier alpha value is -3.05. The summed E-state index contributed by atoms with van der Waals surface area (Å²) in [5.74, 6) is 0. The van der Waals surface area contributed by atoms with E-state index in [9.17, 15) is 0 Å². The van der Waals surface area contributed by atoms with Gasteiger partial charge in [-0.3, -0.25) is 0 Å². The molecule has 0 spiro atoms. The molecule has 0 atom stereocenters. The van der Waals surface area contributed by atoms with Gasteiger partial charge in [-0.15, -0.1) is 0 Å². The van der Waals surface area contributed by atoms with Crippen LogP contribution in [0.3, 0.4) is 0 Å². The Morgan fingerprint density at radius 2 is 0.480 bits per heavy atom. The second-order valence-corrected chi connectivity index (χ2v) is 19.7. The van der Waals surface area contributed by atoms with Crippen molar-refractivity contribution in [1.29, 1.82) is 0 Å². The van der Waals surface area contributed by atoms with E-state index in [-0.39, 0.29) is 29.4 Å². The molecule has 0 unspecified atom stereocenters. The van der Waals surface area contributed by atoms with Crippen LogP contribution in [-0.4, -0.2) is 12.3 Å². The first-order chi connectivity index (χ1) is 23.8. The second-order valence-electron chi connectivity index (χ2n) is 12.5. The summed E-state index contributed by atoms with van der Waals surface area (Å²) in [7, 11) is -3.17. The van der Waals surface area contributed by atoms with E-state index >= 15 is 0 Å². The minimum Gasteiger partial charge on any atom is -1.00 e. The minimum absolute atomic E-state index is 0. The van der Waals surface area contributed by atoms with Crippen LogP contribution in [0.5, 0.6) is 0 Å². The van der Waals surface area contributed by atoms with Crippen molar-refractivity contribution in [1.82, 2.24) is 0 Å². The predicted octanol–water partition coefficient (Wildman–Crippen LogP) is 4.35. The molecule has 0 amide bonds. The van der Waals surface area contributed by atoms with Gasteiger partial charge in [0.15, 0.2) is 0 Å². The molecule has 0 N–H and O–H groups in total. The molecule has 260 valence electrons. The molecule has 4 heteroatoms. The van der Waals surface area contributed by atoms with Crippen LogP contribution in [0.2, 0.25) is 0 Å². The number of unbranched alkanes of at least 4 members (excludes halogenated alkanes) is 4. The molecular formula is C46H52BrClP2. The van der Waals surface area contributed by atoms with Crippen molar-refractivity contribution in [2.24, 2.45) is 0 Å². The third-order valence-electron chi connectivity index (χ3n) is 9.38. The fraction of sp³-hybridized carbons (Fsp3) is 0.217. The third-order valence-corrected chi connectivity index (χ3v) is 18.4. The summed E-state index contributed by atoms with van der Waals surface area (Å²) < 4.78 is 0. The Labute approximate surface area is 320 Å². The first-order valence-electron chi connectivity index (χ1n) is 17.9. The van der Waals surface area contributed by atoms with E-state index in [0.717, 1.165) is 0 Å². The molecule has 0 saturated carbocycles. The SMILES string of the molecule is CCCCC[P+](c1ccccc1)(c1ccccc1)c1ccccc1.CCCCC[P+](c1ccccc1)(c1ccccc1)c1ccccc1.[Br-].[Cl-]. The van der Waals surface area contributed by atoms with E-state index in [0.29, 0.717) is 0 Å². The van der Waals surface area contributed by atoms with Crippen molar-refractivity contribution in [3.8, 4) is 0 Å². The van der Waals surface area contributed by atoms with Crippen LogP contribution in [0, 0.1) is 0 Å². The third kappa shape index (κ3) is 10.0. The number of benzene rings is 6. The fourth-order valence-electron chi connectivity index (χ4n) is 6.96.